The predicted octanol–water partition coefficient (Wildman–Crippen LogP) is 5.39. The Balaban J connectivity index is 1.80. The molecule has 1 aromatic heterocycles. The van der Waals surface area contributed by atoms with Crippen molar-refractivity contribution in [3.63, 3.8) is 0 Å². The van der Waals surface area contributed by atoms with Gasteiger partial charge >= 0.3 is 0 Å². The highest BCUT2D eigenvalue weighted by molar-refractivity contribution is 8.00. The van der Waals surface area contributed by atoms with E-state index in [4.69, 9.17) is 0 Å². The lowest BCUT2D eigenvalue weighted by Gasteiger charge is -2.14. The molecule has 0 fully saturated rings. The monoisotopic (exact) mass is 390 g/mol. The highest BCUT2D eigenvalue weighted by Gasteiger charge is 2.20. The number of anilines is 1. The highest BCUT2D eigenvalue weighted by atomic mass is 32.2. The van der Waals surface area contributed by atoms with Gasteiger partial charge in [0.15, 0.2) is 17.5 Å². The van der Waals surface area contributed by atoms with Gasteiger partial charge in [0.05, 0.1) is 21.5 Å². The van der Waals surface area contributed by atoms with Crippen LogP contribution in [0.4, 0.5) is 18.9 Å². The molecule has 0 saturated heterocycles. The molecule has 0 aliphatic rings. The molecular weight excluding hydrogens is 373 g/mol. The Morgan fingerprint density at radius 2 is 1.81 bits per heavy atom. The summed E-state index contributed by atoms with van der Waals surface area (Å²) in [5, 5.41) is 3.37. The first-order valence-corrected chi connectivity index (χ1v) is 9.14. The number of nitrogens with zero attached hydrogens (tertiary/aromatic N) is 1. The number of pyridine rings is 1. The van der Waals surface area contributed by atoms with Gasteiger partial charge in [-0.3, -0.25) is 4.79 Å². The normalized spacial score (nSPS) is 12.2. The highest BCUT2D eigenvalue weighted by Crippen LogP contribution is 2.29. The number of carbonyl (C=O) groups excluding carboxylic acids is 1. The van der Waals surface area contributed by atoms with Crippen LogP contribution in [0.25, 0.3) is 10.9 Å². The first-order chi connectivity index (χ1) is 12.8. The Labute approximate surface area is 159 Å². The van der Waals surface area contributed by atoms with Crippen LogP contribution in [0.3, 0.4) is 0 Å². The van der Waals surface area contributed by atoms with E-state index in [1.807, 2.05) is 38.1 Å². The number of benzene rings is 2. The Kier molecular flexibility index (Phi) is 5.41. The summed E-state index contributed by atoms with van der Waals surface area (Å²) >= 11 is 1.21. The zero-order chi connectivity index (χ0) is 19.7. The number of hydrogen-bond acceptors (Lipinski definition) is 3. The number of thioether (sulfide) groups is 1. The van der Waals surface area contributed by atoms with Gasteiger partial charge < -0.3 is 5.32 Å². The van der Waals surface area contributed by atoms with Crippen LogP contribution in [0.1, 0.15) is 18.1 Å². The van der Waals surface area contributed by atoms with Crippen LogP contribution >= 0.6 is 11.8 Å². The second kappa shape index (κ2) is 7.60. The molecule has 7 heteroatoms. The lowest BCUT2D eigenvalue weighted by atomic mass is 10.1. The van der Waals surface area contributed by atoms with E-state index in [2.05, 4.69) is 10.3 Å². The maximum absolute atomic E-state index is 13.7. The van der Waals surface area contributed by atoms with Crippen molar-refractivity contribution in [1.29, 1.82) is 0 Å². The number of hydrogen-bond donors (Lipinski definition) is 1. The van der Waals surface area contributed by atoms with Crippen molar-refractivity contribution < 1.29 is 18.0 Å². The van der Waals surface area contributed by atoms with Gasteiger partial charge in [0, 0.05) is 5.39 Å². The summed E-state index contributed by atoms with van der Waals surface area (Å²) in [5.74, 6) is -4.88. The summed E-state index contributed by atoms with van der Waals surface area (Å²) in [7, 11) is 0. The van der Waals surface area contributed by atoms with Gasteiger partial charge in [-0.05, 0) is 50.1 Å². The molecule has 3 rings (SSSR count). The van der Waals surface area contributed by atoms with Crippen LogP contribution in [0.2, 0.25) is 0 Å². The van der Waals surface area contributed by atoms with Crippen molar-refractivity contribution in [2.45, 2.75) is 31.0 Å². The second-order valence-electron chi connectivity index (χ2n) is 6.22. The van der Waals surface area contributed by atoms with Crippen LogP contribution in [0.15, 0.2) is 41.4 Å². The molecule has 1 amide bonds. The number of carbonyl (C=O) groups is 1. The van der Waals surface area contributed by atoms with E-state index >= 15 is 0 Å². The minimum atomic E-state index is -1.62. The maximum atomic E-state index is 13.7. The minimum absolute atomic E-state index is 0.398. The van der Waals surface area contributed by atoms with Crippen molar-refractivity contribution in [1.82, 2.24) is 4.98 Å². The summed E-state index contributed by atoms with van der Waals surface area (Å²) in [6, 6.07) is 9.56. The zero-order valence-electron chi connectivity index (χ0n) is 14.9. The van der Waals surface area contributed by atoms with E-state index in [0.717, 1.165) is 34.2 Å². The second-order valence-corrected chi connectivity index (χ2v) is 7.58. The standard InChI is InChI=1S/C20H17F3N2OS/c1-10-5-4-6-13-11(2)9-16(25-19(10)13)27-12(3)20(26)24-15-8-7-14(21)17(22)18(15)23/h4-9,12H,1-3H3,(H,24,26)/t12-/m1/s1. The summed E-state index contributed by atoms with van der Waals surface area (Å²) in [6.45, 7) is 5.57. The van der Waals surface area contributed by atoms with E-state index in [1.165, 1.54) is 11.8 Å². The van der Waals surface area contributed by atoms with Gasteiger partial charge in [0.2, 0.25) is 5.91 Å². The average Bonchev–Trinajstić information content (AvgIpc) is 2.63. The van der Waals surface area contributed by atoms with Crippen LogP contribution in [0.5, 0.6) is 0 Å². The molecule has 140 valence electrons. The van der Waals surface area contributed by atoms with E-state index in [0.29, 0.717) is 5.03 Å². The molecule has 0 bridgehead atoms. The van der Waals surface area contributed by atoms with Crippen LogP contribution < -0.4 is 5.32 Å². The summed E-state index contributed by atoms with van der Waals surface area (Å²) in [4.78, 5) is 16.9. The SMILES string of the molecule is Cc1cc(S[C@H](C)C(=O)Nc2ccc(F)c(F)c2F)nc2c(C)cccc12. The molecule has 1 heterocycles. The quantitative estimate of drug-likeness (QED) is 0.480. The third-order valence-corrected chi connectivity index (χ3v) is 5.20. The number of amides is 1. The maximum Gasteiger partial charge on any atom is 0.237 e. The molecule has 2 aromatic carbocycles. The fraction of sp³-hybridized carbons (Fsp3) is 0.200. The van der Waals surface area contributed by atoms with E-state index in [-0.39, 0.29) is 0 Å². The first-order valence-electron chi connectivity index (χ1n) is 8.26. The lowest BCUT2D eigenvalue weighted by molar-refractivity contribution is -0.115. The fourth-order valence-electron chi connectivity index (χ4n) is 2.68. The smallest absolute Gasteiger partial charge is 0.237 e. The van der Waals surface area contributed by atoms with Gasteiger partial charge in [-0.2, -0.15) is 0 Å². The molecule has 0 unspecified atom stereocenters. The minimum Gasteiger partial charge on any atom is -0.323 e. The molecule has 1 N–H and O–H groups in total. The van der Waals surface area contributed by atoms with Crippen molar-refractivity contribution in [2.24, 2.45) is 0 Å². The van der Waals surface area contributed by atoms with Gasteiger partial charge in [-0.1, -0.05) is 30.0 Å². The van der Waals surface area contributed by atoms with Crippen LogP contribution in [0, 0.1) is 31.3 Å². The summed E-state index contributed by atoms with van der Waals surface area (Å²) in [6.07, 6.45) is 0. The van der Waals surface area contributed by atoms with Crippen molar-refractivity contribution in [3.05, 3.63) is 65.0 Å². The van der Waals surface area contributed by atoms with Gasteiger partial charge in [0.25, 0.3) is 0 Å². The fourth-order valence-corrected chi connectivity index (χ4v) is 3.60. The number of aromatic nitrogens is 1. The van der Waals surface area contributed by atoms with Crippen LogP contribution in [-0.2, 0) is 4.79 Å². The summed E-state index contributed by atoms with van der Waals surface area (Å²) in [5.41, 5.74) is 2.52. The first kappa shape index (κ1) is 19.2. The summed E-state index contributed by atoms with van der Waals surface area (Å²) < 4.78 is 40.0. The molecule has 0 saturated carbocycles. The van der Waals surface area contributed by atoms with Crippen molar-refractivity contribution in [3.8, 4) is 0 Å². The molecule has 0 aliphatic carbocycles. The molecule has 0 aliphatic heterocycles. The topological polar surface area (TPSA) is 42.0 Å². The predicted molar refractivity (Wildman–Crippen MR) is 101 cm³/mol. The van der Waals surface area contributed by atoms with Gasteiger partial charge in [-0.25, -0.2) is 18.2 Å². The largest absolute Gasteiger partial charge is 0.323 e. The molecule has 3 aromatic rings. The number of aryl methyl sites for hydroxylation is 2. The van der Waals surface area contributed by atoms with Gasteiger partial charge in [-0.15, -0.1) is 0 Å². The van der Waals surface area contributed by atoms with Crippen molar-refractivity contribution >= 4 is 34.3 Å². The Bertz CT molecular complexity index is 1040. The van der Waals surface area contributed by atoms with Crippen molar-refractivity contribution in [2.75, 3.05) is 5.32 Å². The zero-order valence-corrected chi connectivity index (χ0v) is 15.8. The Morgan fingerprint density at radius 1 is 1.07 bits per heavy atom. The Hall–Kier alpha value is -2.54. The molecule has 0 spiro atoms. The number of nitrogens with one attached hydrogen (secondary N) is 1. The lowest BCUT2D eigenvalue weighted by Crippen LogP contribution is -2.23. The third-order valence-electron chi connectivity index (χ3n) is 4.18. The molecular formula is C20H17F3N2OS. The Morgan fingerprint density at radius 3 is 2.56 bits per heavy atom. The molecule has 3 nitrogen and oxygen atoms in total. The van der Waals surface area contributed by atoms with Crippen LogP contribution in [-0.4, -0.2) is 16.1 Å². The number of rotatable bonds is 4. The van der Waals surface area contributed by atoms with E-state index in [9.17, 15) is 18.0 Å². The van der Waals surface area contributed by atoms with Gasteiger partial charge in [0.1, 0.15) is 0 Å². The third kappa shape index (κ3) is 3.93. The molecule has 1 atom stereocenters. The average molecular weight is 390 g/mol. The molecule has 0 radical (unpaired) electrons. The number of halogens is 3. The van der Waals surface area contributed by atoms with E-state index in [1.54, 1.807) is 6.92 Å². The van der Waals surface area contributed by atoms with E-state index < -0.39 is 34.3 Å². The molecule has 27 heavy (non-hydrogen) atoms. The number of para-hydroxylation sites is 1. The number of fused-ring (bicyclic) bond motifs is 1.